The largest absolute Gasteiger partial charge is 0.317 e. The van der Waals surface area contributed by atoms with Crippen molar-refractivity contribution in [1.82, 2.24) is 15.1 Å². The highest BCUT2D eigenvalue weighted by molar-refractivity contribution is 5.83. The monoisotopic (exact) mass is 257 g/mol. The van der Waals surface area contributed by atoms with Gasteiger partial charge in [-0.1, -0.05) is 18.2 Å². The highest BCUT2D eigenvalue weighted by Gasteiger charge is 2.16. The number of piperidine rings is 1. The number of rotatable bonds is 2. The summed E-state index contributed by atoms with van der Waals surface area (Å²) in [5.41, 5.74) is 0.976. The van der Waals surface area contributed by atoms with E-state index in [4.69, 9.17) is 0 Å². The Bertz CT molecular complexity index is 641. The van der Waals surface area contributed by atoms with Crippen LogP contribution in [0.25, 0.3) is 10.8 Å². The Hall–Kier alpha value is -1.68. The molecule has 2 heterocycles. The first-order chi connectivity index (χ1) is 9.25. The first kappa shape index (κ1) is 12.4. The van der Waals surface area contributed by atoms with E-state index in [1.54, 1.807) is 4.68 Å². The highest BCUT2D eigenvalue weighted by Crippen LogP contribution is 2.15. The Kier molecular flexibility index (Phi) is 3.34. The summed E-state index contributed by atoms with van der Waals surface area (Å²) < 4.78 is 1.66. The second-order valence-electron chi connectivity index (χ2n) is 5.31. The third-order valence-electron chi connectivity index (χ3n) is 3.94. The number of aryl methyl sites for hydroxylation is 1. The summed E-state index contributed by atoms with van der Waals surface area (Å²) >= 11 is 0. The zero-order valence-electron chi connectivity index (χ0n) is 11.2. The molecule has 1 aromatic heterocycles. The number of nitrogens with one attached hydrogen (secondary N) is 1. The molecule has 2 aromatic rings. The standard InChI is InChI=1S/C15H19N3O/c1-11-13-4-2-3-5-14(13)15(19)18(17-11)10-12-6-8-16-9-7-12/h2-5,12,16H,6-10H2,1H3. The molecule has 0 unspecified atom stereocenters. The summed E-state index contributed by atoms with van der Waals surface area (Å²) in [7, 11) is 0. The normalized spacial score (nSPS) is 16.9. The first-order valence-electron chi connectivity index (χ1n) is 6.93. The van der Waals surface area contributed by atoms with Crippen molar-refractivity contribution in [2.45, 2.75) is 26.3 Å². The number of hydrogen-bond acceptors (Lipinski definition) is 3. The van der Waals surface area contributed by atoms with Crippen LogP contribution in [0.5, 0.6) is 0 Å². The Balaban J connectivity index is 1.99. The van der Waals surface area contributed by atoms with E-state index < -0.39 is 0 Å². The Morgan fingerprint density at radius 3 is 2.68 bits per heavy atom. The molecule has 100 valence electrons. The molecule has 1 aliphatic heterocycles. The number of benzene rings is 1. The lowest BCUT2D eigenvalue weighted by atomic mass is 9.98. The third kappa shape index (κ3) is 2.40. The number of nitrogens with zero attached hydrogens (tertiary/aromatic N) is 2. The van der Waals surface area contributed by atoms with Crippen molar-refractivity contribution in [3.63, 3.8) is 0 Å². The molecule has 3 rings (SSSR count). The van der Waals surface area contributed by atoms with Crippen molar-refractivity contribution in [2.75, 3.05) is 13.1 Å². The molecule has 0 saturated carbocycles. The number of aromatic nitrogens is 2. The van der Waals surface area contributed by atoms with Crippen LogP contribution in [0.1, 0.15) is 18.5 Å². The number of hydrogen-bond donors (Lipinski definition) is 1. The molecule has 4 nitrogen and oxygen atoms in total. The Morgan fingerprint density at radius 1 is 1.26 bits per heavy atom. The van der Waals surface area contributed by atoms with E-state index in [-0.39, 0.29) is 5.56 Å². The van der Waals surface area contributed by atoms with Crippen LogP contribution in [0.3, 0.4) is 0 Å². The van der Waals surface area contributed by atoms with Crippen LogP contribution in [0, 0.1) is 12.8 Å². The first-order valence-corrected chi connectivity index (χ1v) is 6.93. The van der Waals surface area contributed by atoms with Gasteiger partial charge >= 0.3 is 0 Å². The average Bonchev–Trinajstić information content (AvgIpc) is 2.46. The topological polar surface area (TPSA) is 46.9 Å². The molecule has 1 N–H and O–H groups in total. The van der Waals surface area contributed by atoms with Gasteiger partial charge < -0.3 is 5.32 Å². The quantitative estimate of drug-likeness (QED) is 0.891. The minimum absolute atomic E-state index is 0.0414. The molecule has 0 aliphatic carbocycles. The Labute approximate surface area is 112 Å². The SMILES string of the molecule is Cc1nn(CC2CCNCC2)c(=O)c2ccccc12. The summed E-state index contributed by atoms with van der Waals surface area (Å²) in [6, 6.07) is 7.73. The van der Waals surface area contributed by atoms with Crippen LogP contribution in [-0.2, 0) is 6.54 Å². The van der Waals surface area contributed by atoms with Crippen molar-refractivity contribution >= 4 is 10.8 Å². The summed E-state index contributed by atoms with van der Waals surface area (Å²) in [6.45, 7) is 4.81. The van der Waals surface area contributed by atoms with E-state index in [1.165, 1.54) is 0 Å². The van der Waals surface area contributed by atoms with E-state index in [0.717, 1.165) is 48.9 Å². The van der Waals surface area contributed by atoms with Gasteiger partial charge in [0, 0.05) is 11.9 Å². The van der Waals surface area contributed by atoms with Crippen LogP contribution in [0.15, 0.2) is 29.1 Å². The molecule has 4 heteroatoms. The second kappa shape index (κ2) is 5.13. The zero-order chi connectivity index (χ0) is 13.2. The summed E-state index contributed by atoms with van der Waals surface area (Å²) in [6.07, 6.45) is 2.25. The van der Waals surface area contributed by atoms with Gasteiger partial charge in [0.25, 0.3) is 5.56 Å². The van der Waals surface area contributed by atoms with Crippen molar-refractivity contribution in [3.05, 3.63) is 40.3 Å². The maximum atomic E-state index is 12.4. The molecule has 0 spiro atoms. The minimum atomic E-state index is 0.0414. The van der Waals surface area contributed by atoms with Gasteiger partial charge in [-0.05, 0) is 44.8 Å². The van der Waals surface area contributed by atoms with Crippen LogP contribution >= 0.6 is 0 Å². The van der Waals surface area contributed by atoms with Crippen LogP contribution < -0.4 is 10.9 Å². The lowest BCUT2D eigenvalue weighted by Gasteiger charge is -2.23. The molecule has 1 aromatic carbocycles. The molecule has 0 amide bonds. The van der Waals surface area contributed by atoms with Gasteiger partial charge in [-0.3, -0.25) is 4.79 Å². The molecular formula is C15H19N3O. The summed E-state index contributed by atoms with van der Waals surface area (Å²) in [5, 5.41) is 9.58. The molecule has 0 radical (unpaired) electrons. The highest BCUT2D eigenvalue weighted by atomic mass is 16.1. The predicted molar refractivity (Wildman–Crippen MR) is 76.3 cm³/mol. The minimum Gasteiger partial charge on any atom is -0.317 e. The summed E-state index contributed by atoms with van der Waals surface area (Å²) in [4.78, 5) is 12.4. The fourth-order valence-corrected chi connectivity index (χ4v) is 2.84. The second-order valence-corrected chi connectivity index (χ2v) is 5.31. The van der Waals surface area contributed by atoms with Gasteiger partial charge in [0.2, 0.25) is 0 Å². The molecule has 1 aliphatic rings. The van der Waals surface area contributed by atoms with Gasteiger partial charge in [-0.15, -0.1) is 0 Å². The van der Waals surface area contributed by atoms with Crippen LogP contribution in [0.4, 0.5) is 0 Å². The van der Waals surface area contributed by atoms with E-state index in [0.29, 0.717) is 5.92 Å². The van der Waals surface area contributed by atoms with Crippen molar-refractivity contribution in [1.29, 1.82) is 0 Å². The van der Waals surface area contributed by atoms with E-state index in [9.17, 15) is 4.79 Å². The predicted octanol–water partition coefficient (Wildman–Crippen LogP) is 1.70. The van der Waals surface area contributed by atoms with Gasteiger partial charge in [0.15, 0.2) is 0 Å². The van der Waals surface area contributed by atoms with Crippen LogP contribution in [0.2, 0.25) is 0 Å². The number of fused-ring (bicyclic) bond motifs is 1. The molecule has 1 fully saturated rings. The van der Waals surface area contributed by atoms with Crippen molar-refractivity contribution in [2.24, 2.45) is 5.92 Å². The Morgan fingerprint density at radius 2 is 1.95 bits per heavy atom. The van der Waals surface area contributed by atoms with Crippen molar-refractivity contribution < 1.29 is 0 Å². The van der Waals surface area contributed by atoms with E-state index >= 15 is 0 Å². The zero-order valence-corrected chi connectivity index (χ0v) is 11.2. The van der Waals surface area contributed by atoms with Gasteiger partial charge in [-0.25, -0.2) is 4.68 Å². The van der Waals surface area contributed by atoms with E-state index in [2.05, 4.69) is 10.4 Å². The third-order valence-corrected chi connectivity index (χ3v) is 3.94. The molecule has 0 atom stereocenters. The van der Waals surface area contributed by atoms with Crippen LogP contribution in [-0.4, -0.2) is 22.9 Å². The molecule has 19 heavy (non-hydrogen) atoms. The molecular weight excluding hydrogens is 238 g/mol. The lowest BCUT2D eigenvalue weighted by molar-refractivity contribution is 0.315. The summed E-state index contributed by atoms with van der Waals surface area (Å²) in [5.74, 6) is 0.562. The molecule has 1 saturated heterocycles. The maximum absolute atomic E-state index is 12.4. The lowest BCUT2D eigenvalue weighted by Crippen LogP contribution is -2.33. The fraction of sp³-hybridized carbons (Fsp3) is 0.467. The fourth-order valence-electron chi connectivity index (χ4n) is 2.84. The molecule has 0 bridgehead atoms. The van der Waals surface area contributed by atoms with Gasteiger partial charge in [-0.2, -0.15) is 5.10 Å². The van der Waals surface area contributed by atoms with Gasteiger partial charge in [0.1, 0.15) is 0 Å². The van der Waals surface area contributed by atoms with E-state index in [1.807, 2.05) is 31.2 Å². The van der Waals surface area contributed by atoms with Gasteiger partial charge in [0.05, 0.1) is 11.1 Å². The smallest absolute Gasteiger partial charge is 0.274 e. The maximum Gasteiger partial charge on any atom is 0.274 e. The average molecular weight is 257 g/mol. The van der Waals surface area contributed by atoms with Crippen molar-refractivity contribution in [3.8, 4) is 0 Å².